The van der Waals surface area contributed by atoms with E-state index < -0.39 is 28.5 Å². The van der Waals surface area contributed by atoms with Gasteiger partial charge in [0.1, 0.15) is 12.6 Å². The SMILES string of the molecule is CCCNC(=O)C(C)N(Cc1ccc(Cl)cc1Cl)C(=O)CN(c1ccc(C)c(C)c1)S(C)(=O)=O. The zero-order valence-corrected chi connectivity index (χ0v) is 22.4. The highest BCUT2D eigenvalue weighted by molar-refractivity contribution is 7.92. The van der Waals surface area contributed by atoms with E-state index in [1.165, 1.54) is 4.90 Å². The van der Waals surface area contributed by atoms with E-state index in [1.54, 1.807) is 43.3 Å². The highest BCUT2D eigenvalue weighted by Gasteiger charge is 2.30. The van der Waals surface area contributed by atoms with Crippen molar-refractivity contribution in [1.29, 1.82) is 0 Å². The third kappa shape index (κ3) is 7.35. The Hall–Kier alpha value is -2.29. The minimum absolute atomic E-state index is 0.0140. The number of benzene rings is 2. The van der Waals surface area contributed by atoms with E-state index in [0.29, 0.717) is 27.8 Å². The molecule has 0 aliphatic carbocycles. The molecule has 2 aromatic carbocycles. The summed E-state index contributed by atoms with van der Waals surface area (Å²) in [6, 6.07) is 9.22. The van der Waals surface area contributed by atoms with Gasteiger partial charge in [-0.3, -0.25) is 13.9 Å². The van der Waals surface area contributed by atoms with Crippen LogP contribution in [0.4, 0.5) is 5.69 Å². The van der Waals surface area contributed by atoms with Crippen LogP contribution < -0.4 is 9.62 Å². The maximum atomic E-state index is 13.5. The van der Waals surface area contributed by atoms with E-state index in [2.05, 4.69) is 5.32 Å². The predicted molar refractivity (Wildman–Crippen MR) is 138 cm³/mol. The molecule has 0 aliphatic rings. The van der Waals surface area contributed by atoms with Gasteiger partial charge in [-0.2, -0.15) is 0 Å². The number of hydrogen-bond acceptors (Lipinski definition) is 4. The molecule has 0 spiro atoms. The number of rotatable bonds is 10. The molecule has 0 aromatic heterocycles. The number of aryl methyl sites for hydroxylation is 2. The van der Waals surface area contributed by atoms with Gasteiger partial charge in [-0.05, 0) is 68.1 Å². The van der Waals surface area contributed by atoms with Crippen molar-refractivity contribution in [2.45, 2.75) is 46.7 Å². The number of amides is 2. The summed E-state index contributed by atoms with van der Waals surface area (Å²) < 4.78 is 26.3. The van der Waals surface area contributed by atoms with Crippen LogP contribution in [0.5, 0.6) is 0 Å². The molecule has 0 saturated carbocycles. The molecule has 7 nitrogen and oxygen atoms in total. The number of carbonyl (C=O) groups excluding carboxylic acids is 2. The van der Waals surface area contributed by atoms with Crippen LogP contribution in [-0.2, 0) is 26.2 Å². The molecule has 0 aliphatic heterocycles. The Kier molecular flexibility index (Phi) is 9.79. The fraction of sp³-hybridized carbons (Fsp3) is 0.417. The predicted octanol–water partition coefficient (Wildman–Crippen LogP) is 4.32. The Morgan fingerprint density at radius 3 is 2.29 bits per heavy atom. The summed E-state index contributed by atoms with van der Waals surface area (Å²) in [5.74, 6) is -0.869. The molecule has 0 bridgehead atoms. The maximum absolute atomic E-state index is 13.5. The lowest BCUT2D eigenvalue weighted by molar-refractivity contribution is -0.139. The van der Waals surface area contributed by atoms with Gasteiger partial charge >= 0.3 is 0 Å². The molecule has 2 amide bonds. The van der Waals surface area contributed by atoms with Gasteiger partial charge in [-0.25, -0.2) is 8.42 Å². The van der Waals surface area contributed by atoms with Gasteiger partial charge in [-0.15, -0.1) is 0 Å². The third-order valence-electron chi connectivity index (χ3n) is 5.53. The van der Waals surface area contributed by atoms with Gasteiger partial charge < -0.3 is 10.2 Å². The first-order chi connectivity index (χ1) is 15.8. The van der Waals surface area contributed by atoms with Crippen LogP contribution in [0.25, 0.3) is 0 Å². The van der Waals surface area contributed by atoms with Crippen LogP contribution in [0.1, 0.15) is 37.0 Å². The molecule has 2 aromatic rings. The van der Waals surface area contributed by atoms with E-state index in [9.17, 15) is 18.0 Å². The maximum Gasteiger partial charge on any atom is 0.244 e. The molecule has 186 valence electrons. The van der Waals surface area contributed by atoms with E-state index >= 15 is 0 Å². The van der Waals surface area contributed by atoms with Crippen LogP contribution >= 0.6 is 23.2 Å². The summed E-state index contributed by atoms with van der Waals surface area (Å²) >= 11 is 12.3. The Morgan fingerprint density at radius 1 is 1.06 bits per heavy atom. The van der Waals surface area contributed by atoms with Crippen LogP contribution in [0.3, 0.4) is 0 Å². The highest BCUT2D eigenvalue weighted by atomic mass is 35.5. The van der Waals surface area contributed by atoms with Crippen molar-refractivity contribution in [1.82, 2.24) is 10.2 Å². The van der Waals surface area contributed by atoms with Gasteiger partial charge in [0.15, 0.2) is 0 Å². The summed E-state index contributed by atoms with van der Waals surface area (Å²) in [5.41, 5.74) is 2.87. The molecule has 34 heavy (non-hydrogen) atoms. The molecule has 1 N–H and O–H groups in total. The number of carbonyl (C=O) groups is 2. The topological polar surface area (TPSA) is 86.8 Å². The monoisotopic (exact) mass is 527 g/mol. The lowest BCUT2D eigenvalue weighted by atomic mass is 10.1. The van der Waals surface area contributed by atoms with E-state index in [-0.39, 0.29) is 12.5 Å². The molecule has 0 radical (unpaired) electrons. The van der Waals surface area contributed by atoms with Crippen molar-refractivity contribution in [3.63, 3.8) is 0 Å². The van der Waals surface area contributed by atoms with Gasteiger partial charge in [0.05, 0.1) is 11.9 Å². The first-order valence-corrected chi connectivity index (χ1v) is 13.5. The molecular formula is C24H31Cl2N3O4S. The zero-order chi connectivity index (χ0) is 25.6. The Bertz CT molecular complexity index is 1150. The lowest BCUT2D eigenvalue weighted by Gasteiger charge is -2.31. The largest absolute Gasteiger partial charge is 0.354 e. The lowest BCUT2D eigenvalue weighted by Crippen LogP contribution is -2.51. The summed E-state index contributed by atoms with van der Waals surface area (Å²) in [5, 5.41) is 3.58. The third-order valence-corrected chi connectivity index (χ3v) is 7.26. The number of anilines is 1. The standard InChI is InChI=1S/C24H31Cl2N3O4S/c1-6-11-27-24(31)18(4)28(14-19-8-9-20(25)13-22(19)26)23(30)15-29(34(5,32)33)21-10-7-16(2)17(3)12-21/h7-10,12-13,18H,6,11,14-15H2,1-5H3,(H,27,31). The van der Waals surface area contributed by atoms with Crippen LogP contribution in [0.15, 0.2) is 36.4 Å². The summed E-state index contributed by atoms with van der Waals surface area (Å²) in [4.78, 5) is 27.6. The smallest absolute Gasteiger partial charge is 0.244 e. The number of nitrogens with one attached hydrogen (secondary N) is 1. The quantitative estimate of drug-likeness (QED) is 0.498. The molecule has 0 saturated heterocycles. The number of nitrogens with zero attached hydrogens (tertiary/aromatic N) is 2. The van der Waals surface area contributed by atoms with Gasteiger partial charge in [-0.1, -0.05) is 42.3 Å². The van der Waals surface area contributed by atoms with E-state index in [4.69, 9.17) is 23.2 Å². The molecule has 2 rings (SSSR count). The van der Waals surface area contributed by atoms with E-state index in [1.807, 2.05) is 20.8 Å². The van der Waals surface area contributed by atoms with Crippen molar-refractivity contribution >= 4 is 50.7 Å². The summed E-state index contributed by atoms with van der Waals surface area (Å²) in [6.07, 6.45) is 1.79. The van der Waals surface area contributed by atoms with Crippen LogP contribution in [0, 0.1) is 13.8 Å². The second kappa shape index (κ2) is 11.9. The minimum atomic E-state index is -3.78. The molecule has 0 fully saturated rings. The molecule has 1 unspecified atom stereocenters. The minimum Gasteiger partial charge on any atom is -0.354 e. The normalized spacial score (nSPS) is 12.2. The Balaban J connectivity index is 2.42. The van der Waals surface area contributed by atoms with Crippen LogP contribution in [-0.4, -0.2) is 50.5 Å². The number of hydrogen-bond donors (Lipinski definition) is 1. The summed E-state index contributed by atoms with van der Waals surface area (Å²) in [6.45, 7) is 7.34. The Morgan fingerprint density at radius 2 is 1.74 bits per heavy atom. The second-order valence-electron chi connectivity index (χ2n) is 8.26. The number of halogens is 2. The average molecular weight is 529 g/mol. The molecular weight excluding hydrogens is 497 g/mol. The van der Waals surface area contributed by atoms with Crippen LogP contribution in [0.2, 0.25) is 10.0 Å². The molecule has 10 heteroatoms. The van der Waals surface area contributed by atoms with Crippen molar-refractivity contribution in [2.24, 2.45) is 0 Å². The van der Waals surface area contributed by atoms with Crippen molar-refractivity contribution in [3.05, 3.63) is 63.1 Å². The highest BCUT2D eigenvalue weighted by Crippen LogP contribution is 2.25. The van der Waals surface area contributed by atoms with E-state index in [0.717, 1.165) is 28.1 Å². The fourth-order valence-electron chi connectivity index (χ4n) is 3.31. The first kappa shape index (κ1) is 28.0. The van der Waals surface area contributed by atoms with Crippen molar-refractivity contribution in [3.8, 4) is 0 Å². The number of sulfonamides is 1. The summed E-state index contributed by atoms with van der Waals surface area (Å²) in [7, 11) is -3.78. The van der Waals surface area contributed by atoms with Gasteiger partial charge in [0.2, 0.25) is 21.8 Å². The zero-order valence-electron chi connectivity index (χ0n) is 20.1. The second-order valence-corrected chi connectivity index (χ2v) is 11.0. The fourth-order valence-corrected chi connectivity index (χ4v) is 4.62. The average Bonchev–Trinajstić information content (AvgIpc) is 2.75. The van der Waals surface area contributed by atoms with Crippen molar-refractivity contribution < 1.29 is 18.0 Å². The van der Waals surface area contributed by atoms with Gasteiger partial charge in [0.25, 0.3) is 0 Å². The Labute approximate surface area is 212 Å². The molecule has 0 heterocycles. The first-order valence-electron chi connectivity index (χ1n) is 10.9. The van der Waals surface area contributed by atoms with Crippen molar-refractivity contribution in [2.75, 3.05) is 23.7 Å². The van der Waals surface area contributed by atoms with Gasteiger partial charge in [0, 0.05) is 23.1 Å². The molecule has 1 atom stereocenters.